The van der Waals surface area contributed by atoms with E-state index in [4.69, 9.17) is 4.74 Å². The lowest BCUT2D eigenvalue weighted by atomic mass is 9.97. The van der Waals surface area contributed by atoms with Crippen molar-refractivity contribution >= 4 is 23.4 Å². The van der Waals surface area contributed by atoms with E-state index < -0.39 is 0 Å². The maximum atomic E-state index is 11.9. The van der Waals surface area contributed by atoms with Crippen molar-refractivity contribution in [2.75, 3.05) is 46.4 Å². The lowest BCUT2D eigenvalue weighted by Crippen LogP contribution is -2.51. The number of aliphatic imine (C=N–C) groups is 1. The molecule has 8 heteroatoms. The number of hydrogen-bond donors (Lipinski definition) is 2. The highest BCUT2D eigenvalue weighted by Crippen LogP contribution is 2.29. The summed E-state index contributed by atoms with van der Waals surface area (Å²) in [4.78, 5) is 22.2. The number of amides is 1. The Morgan fingerprint density at radius 1 is 1.27 bits per heavy atom. The summed E-state index contributed by atoms with van der Waals surface area (Å²) in [5.41, 5.74) is 0. The van der Waals surface area contributed by atoms with Crippen molar-refractivity contribution in [3.8, 4) is 0 Å². The molecule has 0 aromatic carbocycles. The minimum Gasteiger partial charge on any atom is -0.450 e. The number of carbonyl (C=O) groups excluding carboxylic acids is 1. The molecule has 0 aliphatic carbocycles. The van der Waals surface area contributed by atoms with E-state index in [0.29, 0.717) is 18.7 Å². The van der Waals surface area contributed by atoms with E-state index >= 15 is 0 Å². The van der Waals surface area contributed by atoms with Crippen LogP contribution in [0.2, 0.25) is 0 Å². The number of piperidine rings is 2. The molecule has 1 atom stereocenters. The molecule has 2 fully saturated rings. The van der Waals surface area contributed by atoms with Crippen LogP contribution in [0.5, 0.6) is 0 Å². The molecule has 0 bridgehead atoms. The van der Waals surface area contributed by atoms with Crippen LogP contribution in [0.1, 0.15) is 50.4 Å². The molecule has 30 heavy (non-hydrogen) atoms. The van der Waals surface area contributed by atoms with Gasteiger partial charge in [0.1, 0.15) is 0 Å². The molecule has 168 valence electrons. The second-order valence-electron chi connectivity index (χ2n) is 8.31. The molecular formula is C22H37N5O2S. The SMILES string of the molecule is CCOC(=O)N1CCC(NC(=NC)NCC(c2cccs2)N2CCC(C)CC2)CC1. The smallest absolute Gasteiger partial charge is 0.409 e. The highest BCUT2D eigenvalue weighted by atomic mass is 32.1. The first kappa shape index (κ1) is 22.9. The van der Waals surface area contributed by atoms with Gasteiger partial charge in [-0.05, 0) is 63.1 Å². The van der Waals surface area contributed by atoms with E-state index in [1.54, 1.807) is 4.90 Å². The van der Waals surface area contributed by atoms with Gasteiger partial charge in [-0.3, -0.25) is 9.89 Å². The van der Waals surface area contributed by atoms with E-state index in [9.17, 15) is 4.79 Å². The molecule has 0 spiro atoms. The Bertz CT molecular complexity index is 665. The van der Waals surface area contributed by atoms with Gasteiger partial charge in [-0.1, -0.05) is 13.0 Å². The summed E-state index contributed by atoms with van der Waals surface area (Å²) in [5, 5.41) is 9.29. The molecule has 2 N–H and O–H groups in total. The number of carbonyl (C=O) groups is 1. The Morgan fingerprint density at radius 3 is 2.60 bits per heavy atom. The van der Waals surface area contributed by atoms with Gasteiger partial charge in [0, 0.05) is 37.6 Å². The van der Waals surface area contributed by atoms with E-state index in [1.807, 2.05) is 25.3 Å². The Balaban J connectivity index is 1.50. The van der Waals surface area contributed by atoms with Crippen LogP contribution in [0.3, 0.4) is 0 Å². The first-order valence-corrected chi connectivity index (χ1v) is 12.1. The number of guanidine groups is 1. The molecule has 1 amide bonds. The van der Waals surface area contributed by atoms with Crippen LogP contribution in [0.25, 0.3) is 0 Å². The summed E-state index contributed by atoms with van der Waals surface area (Å²) in [5.74, 6) is 1.67. The van der Waals surface area contributed by atoms with Gasteiger partial charge in [0.25, 0.3) is 0 Å². The van der Waals surface area contributed by atoms with Gasteiger partial charge in [-0.2, -0.15) is 0 Å². The van der Waals surface area contributed by atoms with Crippen molar-refractivity contribution in [2.24, 2.45) is 10.9 Å². The summed E-state index contributed by atoms with van der Waals surface area (Å²) in [6.07, 6.45) is 4.14. The largest absolute Gasteiger partial charge is 0.450 e. The minimum atomic E-state index is -0.201. The van der Waals surface area contributed by atoms with Gasteiger partial charge in [-0.15, -0.1) is 11.3 Å². The number of rotatable bonds is 6. The topological polar surface area (TPSA) is 69.2 Å². The number of thiophene rings is 1. The van der Waals surface area contributed by atoms with Gasteiger partial charge in [0.2, 0.25) is 0 Å². The second kappa shape index (κ2) is 11.6. The molecule has 0 radical (unpaired) electrons. The van der Waals surface area contributed by atoms with Gasteiger partial charge in [-0.25, -0.2) is 4.79 Å². The van der Waals surface area contributed by atoms with Crippen LogP contribution in [-0.4, -0.2) is 74.3 Å². The predicted molar refractivity (Wildman–Crippen MR) is 123 cm³/mol. The Kier molecular flexibility index (Phi) is 8.81. The molecule has 2 aliphatic heterocycles. The number of likely N-dealkylation sites (tertiary alicyclic amines) is 2. The molecule has 3 rings (SSSR count). The summed E-state index contributed by atoms with van der Waals surface area (Å²) in [7, 11) is 1.83. The fourth-order valence-electron chi connectivity index (χ4n) is 4.23. The van der Waals surface area contributed by atoms with E-state index in [1.165, 1.54) is 17.7 Å². The molecule has 1 aromatic heterocycles. The average Bonchev–Trinajstić information content (AvgIpc) is 3.29. The van der Waals surface area contributed by atoms with Crippen LogP contribution in [0.4, 0.5) is 4.79 Å². The minimum absolute atomic E-state index is 0.201. The van der Waals surface area contributed by atoms with Gasteiger partial charge >= 0.3 is 6.09 Å². The average molecular weight is 436 g/mol. The number of ether oxygens (including phenoxy) is 1. The zero-order chi connectivity index (χ0) is 21.3. The van der Waals surface area contributed by atoms with Crippen molar-refractivity contribution in [2.45, 2.75) is 51.6 Å². The highest BCUT2D eigenvalue weighted by molar-refractivity contribution is 7.10. The molecule has 1 aromatic rings. The Labute approximate surface area is 184 Å². The molecule has 2 saturated heterocycles. The second-order valence-corrected chi connectivity index (χ2v) is 9.29. The van der Waals surface area contributed by atoms with Crippen LogP contribution in [0, 0.1) is 5.92 Å². The van der Waals surface area contributed by atoms with Crippen molar-refractivity contribution in [1.29, 1.82) is 0 Å². The maximum absolute atomic E-state index is 11.9. The van der Waals surface area contributed by atoms with E-state index in [-0.39, 0.29) is 6.09 Å². The lowest BCUT2D eigenvalue weighted by Gasteiger charge is -2.37. The fourth-order valence-corrected chi connectivity index (χ4v) is 5.09. The predicted octanol–water partition coefficient (Wildman–Crippen LogP) is 3.31. The van der Waals surface area contributed by atoms with Crippen molar-refractivity contribution in [1.82, 2.24) is 20.4 Å². The van der Waals surface area contributed by atoms with Crippen molar-refractivity contribution in [3.63, 3.8) is 0 Å². The first-order valence-electron chi connectivity index (χ1n) is 11.3. The van der Waals surface area contributed by atoms with Crippen molar-refractivity contribution in [3.05, 3.63) is 22.4 Å². The third-order valence-corrected chi connectivity index (χ3v) is 7.15. The standard InChI is InChI=1S/C22H37N5O2S/c1-4-29-22(28)27-13-9-18(10-14-27)25-21(23-3)24-16-19(20-6-5-15-30-20)26-11-7-17(2)8-12-26/h5-6,15,17-19H,4,7-14,16H2,1-3H3,(H2,23,24,25). The first-order chi connectivity index (χ1) is 14.6. The Hall–Kier alpha value is -1.80. The van der Waals surface area contributed by atoms with E-state index in [2.05, 4.69) is 45.0 Å². The third-order valence-electron chi connectivity index (χ3n) is 6.18. The van der Waals surface area contributed by atoms with Gasteiger partial charge in [0.15, 0.2) is 5.96 Å². The summed E-state index contributed by atoms with van der Waals surface area (Å²) in [6, 6.07) is 5.08. The molecule has 7 nitrogen and oxygen atoms in total. The normalized spacial score (nSPS) is 20.8. The molecule has 1 unspecified atom stereocenters. The Morgan fingerprint density at radius 2 is 2.00 bits per heavy atom. The van der Waals surface area contributed by atoms with Crippen molar-refractivity contribution < 1.29 is 9.53 Å². The molecule has 0 saturated carbocycles. The fraction of sp³-hybridized carbons (Fsp3) is 0.727. The van der Waals surface area contributed by atoms with E-state index in [0.717, 1.165) is 57.4 Å². The quantitative estimate of drug-likeness (QED) is 0.530. The van der Waals surface area contributed by atoms with Gasteiger partial charge < -0.3 is 20.3 Å². The van der Waals surface area contributed by atoms with Crippen LogP contribution in [-0.2, 0) is 4.74 Å². The molecular weight excluding hydrogens is 398 g/mol. The van der Waals surface area contributed by atoms with Crippen LogP contribution >= 0.6 is 11.3 Å². The summed E-state index contributed by atoms with van der Waals surface area (Å²) < 4.78 is 5.11. The summed E-state index contributed by atoms with van der Waals surface area (Å²) >= 11 is 1.84. The molecule has 2 aliphatic rings. The highest BCUT2D eigenvalue weighted by Gasteiger charge is 2.27. The third kappa shape index (κ3) is 6.35. The number of nitrogens with one attached hydrogen (secondary N) is 2. The zero-order valence-electron chi connectivity index (χ0n) is 18.6. The molecule has 3 heterocycles. The maximum Gasteiger partial charge on any atom is 0.409 e. The monoisotopic (exact) mass is 435 g/mol. The number of nitrogens with zero attached hydrogens (tertiary/aromatic N) is 3. The summed E-state index contributed by atoms with van der Waals surface area (Å²) in [6.45, 7) is 9.22. The van der Waals surface area contributed by atoms with Crippen LogP contribution < -0.4 is 10.6 Å². The lowest BCUT2D eigenvalue weighted by molar-refractivity contribution is 0.0962. The van der Waals surface area contributed by atoms with Gasteiger partial charge in [0.05, 0.1) is 12.6 Å². The van der Waals surface area contributed by atoms with Crippen LogP contribution in [0.15, 0.2) is 22.5 Å². The zero-order valence-corrected chi connectivity index (χ0v) is 19.4. The number of hydrogen-bond acceptors (Lipinski definition) is 5.